The first-order valence-corrected chi connectivity index (χ1v) is 8.33. The number of rotatable bonds is 3. The van der Waals surface area contributed by atoms with Crippen molar-refractivity contribution < 1.29 is 19.2 Å². The zero-order valence-corrected chi connectivity index (χ0v) is 14.4. The number of ketones is 1. The molecule has 0 unspecified atom stereocenters. The van der Waals surface area contributed by atoms with E-state index in [0.29, 0.717) is 16.3 Å². The van der Waals surface area contributed by atoms with Crippen LogP contribution in [0.3, 0.4) is 0 Å². The van der Waals surface area contributed by atoms with Crippen LogP contribution in [0.4, 0.5) is 5.69 Å². The Labute approximate surface area is 154 Å². The first-order chi connectivity index (χ1) is 12.5. The minimum absolute atomic E-state index is 0.0475. The third kappa shape index (κ3) is 2.50. The van der Waals surface area contributed by atoms with Crippen LogP contribution in [0.25, 0.3) is 0 Å². The maximum absolute atomic E-state index is 12.8. The molecule has 0 N–H and O–H groups in total. The zero-order valence-electron chi connectivity index (χ0n) is 13.7. The molecule has 1 fully saturated rings. The second kappa shape index (κ2) is 6.07. The quantitative estimate of drug-likeness (QED) is 0.616. The van der Waals surface area contributed by atoms with E-state index in [-0.39, 0.29) is 5.71 Å². The smallest absolute Gasteiger partial charge is 0.278 e. The van der Waals surface area contributed by atoms with Crippen molar-refractivity contribution in [3.63, 3.8) is 0 Å². The Morgan fingerprint density at radius 2 is 1.69 bits per heavy atom. The number of benzene rings is 2. The number of carbonyl (C=O) groups excluding carboxylic acids is 3. The highest BCUT2D eigenvalue weighted by Crippen LogP contribution is 2.34. The highest BCUT2D eigenvalue weighted by Gasteiger charge is 2.57. The normalized spacial score (nSPS) is 21.5. The number of amides is 2. The van der Waals surface area contributed by atoms with E-state index in [1.165, 1.54) is 0 Å². The Bertz CT molecular complexity index is 951. The molecule has 2 aromatic carbocycles. The van der Waals surface area contributed by atoms with Crippen LogP contribution in [-0.2, 0) is 14.4 Å². The van der Waals surface area contributed by atoms with E-state index in [1.807, 2.05) is 6.92 Å². The SMILES string of the molecule is Cc1ccc(C(=O)C2=NO[C@H]3C(=O)N(c4ccc(Cl)cc4)C(=O)[C@@H]23)cc1. The fourth-order valence-corrected chi connectivity index (χ4v) is 3.19. The molecule has 0 radical (unpaired) electrons. The molecule has 26 heavy (non-hydrogen) atoms. The Hall–Kier alpha value is -2.99. The number of imide groups is 1. The Kier molecular flexibility index (Phi) is 3.85. The monoisotopic (exact) mass is 368 g/mol. The molecule has 4 rings (SSSR count). The van der Waals surface area contributed by atoms with E-state index in [9.17, 15) is 14.4 Å². The van der Waals surface area contributed by atoms with Crippen molar-refractivity contribution in [3.8, 4) is 0 Å². The van der Waals surface area contributed by atoms with E-state index in [0.717, 1.165) is 10.5 Å². The molecule has 2 heterocycles. The number of oxime groups is 1. The molecule has 0 saturated carbocycles. The number of halogens is 1. The van der Waals surface area contributed by atoms with E-state index >= 15 is 0 Å². The van der Waals surface area contributed by atoms with Crippen LogP contribution in [-0.4, -0.2) is 29.4 Å². The third-order valence-corrected chi connectivity index (χ3v) is 4.70. The zero-order chi connectivity index (χ0) is 18.4. The molecular weight excluding hydrogens is 356 g/mol. The summed E-state index contributed by atoms with van der Waals surface area (Å²) in [5.41, 5.74) is 1.73. The number of Topliss-reactive ketones (excluding diaryl/α,β-unsaturated/α-hetero) is 1. The molecule has 0 bridgehead atoms. The summed E-state index contributed by atoms with van der Waals surface area (Å²) >= 11 is 5.85. The molecule has 7 heteroatoms. The van der Waals surface area contributed by atoms with Gasteiger partial charge in [0.25, 0.3) is 5.91 Å². The molecule has 2 aliphatic rings. The van der Waals surface area contributed by atoms with Crippen LogP contribution < -0.4 is 4.90 Å². The van der Waals surface area contributed by atoms with E-state index < -0.39 is 29.6 Å². The van der Waals surface area contributed by atoms with E-state index in [2.05, 4.69) is 5.16 Å². The van der Waals surface area contributed by atoms with Gasteiger partial charge < -0.3 is 4.84 Å². The summed E-state index contributed by atoms with van der Waals surface area (Å²) in [6.07, 6.45) is -1.11. The molecule has 2 atom stereocenters. The average Bonchev–Trinajstić information content (AvgIpc) is 3.17. The number of aryl methyl sites for hydroxylation is 1. The first-order valence-electron chi connectivity index (χ1n) is 7.96. The molecule has 2 amide bonds. The first kappa shape index (κ1) is 16.5. The minimum Gasteiger partial charge on any atom is -0.381 e. The molecule has 0 aromatic heterocycles. The van der Waals surface area contributed by atoms with Gasteiger partial charge in [-0.15, -0.1) is 0 Å². The van der Waals surface area contributed by atoms with E-state index in [4.69, 9.17) is 16.4 Å². The second-order valence-electron chi connectivity index (χ2n) is 6.16. The summed E-state index contributed by atoms with van der Waals surface area (Å²) in [6, 6.07) is 13.2. The number of nitrogens with zero attached hydrogens (tertiary/aromatic N) is 2. The van der Waals surface area contributed by atoms with Crippen molar-refractivity contribution in [1.29, 1.82) is 0 Å². The van der Waals surface area contributed by atoms with Crippen molar-refractivity contribution in [2.75, 3.05) is 4.90 Å². The topological polar surface area (TPSA) is 76.0 Å². The fraction of sp³-hybridized carbons (Fsp3) is 0.158. The summed E-state index contributed by atoms with van der Waals surface area (Å²) < 4.78 is 0. The van der Waals surface area contributed by atoms with Crippen LogP contribution in [0.1, 0.15) is 15.9 Å². The highest BCUT2D eigenvalue weighted by atomic mass is 35.5. The number of carbonyl (C=O) groups is 3. The summed E-state index contributed by atoms with van der Waals surface area (Å²) in [5, 5.41) is 4.23. The predicted molar refractivity (Wildman–Crippen MR) is 95.3 cm³/mol. The molecule has 130 valence electrons. The van der Waals surface area contributed by atoms with Gasteiger partial charge in [0.1, 0.15) is 11.6 Å². The lowest BCUT2D eigenvalue weighted by molar-refractivity contribution is -0.126. The van der Waals surface area contributed by atoms with Crippen LogP contribution in [0.2, 0.25) is 5.02 Å². The van der Waals surface area contributed by atoms with Crippen molar-refractivity contribution in [3.05, 3.63) is 64.7 Å². The Morgan fingerprint density at radius 3 is 2.35 bits per heavy atom. The number of hydrogen-bond donors (Lipinski definition) is 0. The van der Waals surface area contributed by atoms with Gasteiger partial charge in [-0.2, -0.15) is 0 Å². The van der Waals surface area contributed by atoms with Crippen LogP contribution in [0.5, 0.6) is 0 Å². The molecule has 0 spiro atoms. The standard InChI is InChI=1S/C19H13ClN2O4/c1-10-2-4-11(5-3-10)16(23)15-14-17(26-21-15)19(25)22(18(14)24)13-8-6-12(20)7-9-13/h2-9,14,17H,1H3/t14-,17+/m0/s1. The molecule has 2 aromatic rings. The lowest BCUT2D eigenvalue weighted by atomic mass is 9.93. The molecule has 2 aliphatic heterocycles. The van der Waals surface area contributed by atoms with Crippen LogP contribution in [0, 0.1) is 12.8 Å². The van der Waals surface area contributed by atoms with Gasteiger partial charge in [0.2, 0.25) is 17.8 Å². The minimum atomic E-state index is -1.11. The van der Waals surface area contributed by atoms with Gasteiger partial charge in [-0.3, -0.25) is 14.4 Å². The van der Waals surface area contributed by atoms with Crippen LogP contribution >= 0.6 is 11.6 Å². The number of fused-ring (bicyclic) bond motifs is 1. The maximum atomic E-state index is 12.8. The van der Waals surface area contributed by atoms with Crippen molar-refractivity contribution in [2.45, 2.75) is 13.0 Å². The van der Waals surface area contributed by atoms with Gasteiger partial charge in [0, 0.05) is 10.6 Å². The van der Waals surface area contributed by atoms with Crippen LogP contribution in [0.15, 0.2) is 53.7 Å². The summed E-state index contributed by atoms with van der Waals surface area (Å²) in [6.45, 7) is 1.91. The molecule has 1 saturated heterocycles. The molecule has 6 nitrogen and oxygen atoms in total. The van der Waals surface area contributed by atoms with Gasteiger partial charge in [0.05, 0.1) is 5.69 Å². The molecule has 0 aliphatic carbocycles. The summed E-state index contributed by atoms with van der Waals surface area (Å²) in [4.78, 5) is 44.3. The van der Waals surface area contributed by atoms with E-state index in [1.54, 1.807) is 48.5 Å². The Balaban J connectivity index is 1.65. The average molecular weight is 369 g/mol. The summed E-state index contributed by atoms with van der Waals surface area (Å²) in [7, 11) is 0. The lowest BCUT2D eigenvalue weighted by Gasteiger charge is -2.15. The van der Waals surface area contributed by atoms with Crippen molar-refractivity contribution in [1.82, 2.24) is 0 Å². The second-order valence-corrected chi connectivity index (χ2v) is 6.60. The molecular formula is C19H13ClN2O4. The highest BCUT2D eigenvalue weighted by molar-refractivity contribution is 6.52. The van der Waals surface area contributed by atoms with Gasteiger partial charge in [-0.1, -0.05) is 46.6 Å². The Morgan fingerprint density at radius 1 is 1.04 bits per heavy atom. The third-order valence-electron chi connectivity index (χ3n) is 4.44. The van der Waals surface area contributed by atoms with Gasteiger partial charge in [-0.25, -0.2) is 4.90 Å². The van der Waals surface area contributed by atoms with Crippen molar-refractivity contribution >= 4 is 40.6 Å². The van der Waals surface area contributed by atoms with Gasteiger partial charge in [0.15, 0.2) is 0 Å². The number of hydrogen-bond acceptors (Lipinski definition) is 5. The lowest BCUT2D eigenvalue weighted by Crippen LogP contribution is -2.34. The fourth-order valence-electron chi connectivity index (χ4n) is 3.06. The van der Waals surface area contributed by atoms with Gasteiger partial charge in [-0.05, 0) is 31.2 Å². The van der Waals surface area contributed by atoms with Gasteiger partial charge >= 0.3 is 0 Å². The number of anilines is 1. The largest absolute Gasteiger partial charge is 0.381 e. The van der Waals surface area contributed by atoms with Crippen molar-refractivity contribution in [2.24, 2.45) is 11.1 Å². The summed E-state index contributed by atoms with van der Waals surface area (Å²) in [5.74, 6) is -2.53. The maximum Gasteiger partial charge on any atom is 0.278 e. The predicted octanol–water partition coefficient (Wildman–Crippen LogP) is 2.78.